The van der Waals surface area contributed by atoms with Crippen LogP contribution < -0.4 is 10.9 Å². The minimum absolute atomic E-state index is 0.0499. The van der Waals surface area contributed by atoms with Crippen molar-refractivity contribution in [3.05, 3.63) is 91.1 Å². The molecule has 4 aromatic carbocycles. The van der Waals surface area contributed by atoms with Gasteiger partial charge in [-0.05, 0) is 24.3 Å². The number of thiophene rings is 1. The summed E-state index contributed by atoms with van der Waals surface area (Å²) in [5.41, 5.74) is 9.20. The van der Waals surface area contributed by atoms with Gasteiger partial charge in [0.25, 0.3) is 0 Å². The maximum atomic E-state index is 12.2. The highest BCUT2D eigenvalue weighted by molar-refractivity contribution is 7.89. The molecule has 0 amide bonds. The van der Waals surface area contributed by atoms with Gasteiger partial charge in [-0.15, -0.1) is 21.6 Å². The largest absolute Gasteiger partial charge is 0.396 e. The minimum atomic E-state index is -3.98. The van der Waals surface area contributed by atoms with Crippen LogP contribution in [-0.4, -0.2) is 13.4 Å². The van der Waals surface area contributed by atoms with Gasteiger partial charge >= 0.3 is 0 Å². The van der Waals surface area contributed by atoms with E-state index in [1.807, 2.05) is 30.3 Å². The fourth-order valence-corrected chi connectivity index (χ4v) is 6.32. The van der Waals surface area contributed by atoms with Crippen LogP contribution in [0, 0.1) is 0 Å². The molecule has 2 heterocycles. The minimum Gasteiger partial charge on any atom is -0.396 e. The van der Waals surface area contributed by atoms with Crippen molar-refractivity contribution >= 4 is 69.4 Å². The van der Waals surface area contributed by atoms with E-state index in [0.717, 1.165) is 11.3 Å². The highest BCUT2D eigenvalue weighted by Crippen LogP contribution is 2.40. The number of primary sulfonamides is 1. The molecule has 0 saturated heterocycles. The average molecular weight is 510 g/mol. The highest BCUT2D eigenvalue weighted by atomic mass is 32.2. The molecule has 0 radical (unpaired) electrons. The van der Waals surface area contributed by atoms with E-state index in [2.05, 4.69) is 39.5 Å². The van der Waals surface area contributed by atoms with Crippen molar-refractivity contribution in [2.24, 2.45) is 15.4 Å². The molecule has 0 aliphatic heterocycles. The fraction of sp³-hybridized carbons (Fsp3) is 0. The molecule has 36 heavy (non-hydrogen) atoms. The number of fused-ring (bicyclic) bond motifs is 4. The molecule has 176 valence electrons. The second kappa shape index (κ2) is 8.49. The Morgan fingerprint density at radius 2 is 1.50 bits per heavy atom. The number of nitrogen functional groups attached to an aromatic ring is 1. The summed E-state index contributed by atoms with van der Waals surface area (Å²) in [6.07, 6.45) is 1.63. The summed E-state index contributed by atoms with van der Waals surface area (Å²) in [6.45, 7) is 0. The quantitative estimate of drug-likeness (QED) is 0.198. The molecule has 6 aromatic rings. The molecule has 0 fully saturated rings. The lowest BCUT2D eigenvalue weighted by Crippen LogP contribution is -2.13. The normalized spacial score (nSPS) is 12.2. The molecule has 2 aromatic heterocycles. The third-order valence-corrected chi connectivity index (χ3v) is 8.20. The van der Waals surface area contributed by atoms with Crippen molar-refractivity contribution in [3.63, 3.8) is 0 Å². The smallest absolute Gasteiger partial charge is 0.238 e. The molecule has 9 heteroatoms. The van der Waals surface area contributed by atoms with Crippen molar-refractivity contribution in [3.8, 4) is 11.3 Å². The SMILES string of the molecule is Nc1c(/N=N/c2ccc(-c3cccc4c3sc3ccccc34)nc2)cc(S(N)(=O)=O)c2ccccc12. The zero-order valence-electron chi connectivity index (χ0n) is 18.8. The van der Waals surface area contributed by atoms with Crippen molar-refractivity contribution in [1.82, 2.24) is 4.98 Å². The molecule has 0 aliphatic rings. The van der Waals surface area contributed by atoms with Crippen LogP contribution in [0.15, 0.2) is 106 Å². The van der Waals surface area contributed by atoms with Gasteiger partial charge in [0, 0.05) is 36.5 Å². The van der Waals surface area contributed by atoms with E-state index in [0.29, 0.717) is 22.1 Å². The molecule has 0 spiro atoms. The Bertz CT molecular complexity index is 1930. The molecule has 0 bridgehead atoms. The molecule has 0 unspecified atom stereocenters. The summed E-state index contributed by atoms with van der Waals surface area (Å²) < 4.78 is 26.7. The van der Waals surface area contributed by atoms with Gasteiger partial charge in [-0.3, -0.25) is 4.98 Å². The zero-order valence-corrected chi connectivity index (χ0v) is 20.4. The number of rotatable bonds is 4. The molecule has 0 atom stereocenters. The van der Waals surface area contributed by atoms with E-state index < -0.39 is 10.0 Å². The average Bonchev–Trinajstić information content (AvgIpc) is 3.27. The summed E-state index contributed by atoms with van der Waals surface area (Å²) in [5.74, 6) is 0. The third kappa shape index (κ3) is 3.79. The number of sulfonamides is 1. The van der Waals surface area contributed by atoms with E-state index in [9.17, 15) is 8.42 Å². The van der Waals surface area contributed by atoms with Crippen LogP contribution in [0.1, 0.15) is 0 Å². The Morgan fingerprint density at radius 3 is 2.25 bits per heavy atom. The number of nitrogens with two attached hydrogens (primary N) is 2. The number of aromatic nitrogens is 1. The Labute approximate surface area is 210 Å². The van der Waals surface area contributed by atoms with E-state index in [1.165, 1.54) is 26.2 Å². The first-order valence-corrected chi connectivity index (χ1v) is 13.4. The maximum Gasteiger partial charge on any atom is 0.238 e. The monoisotopic (exact) mass is 509 g/mol. The number of benzene rings is 4. The molecule has 4 N–H and O–H groups in total. The standard InChI is InChI=1S/C27H19N5O2S2/c28-26-19-8-2-1-7-18(19)25(36(29,33)34)14-23(26)32-31-16-12-13-22(30-15-16)21-10-5-9-20-17-6-3-4-11-24(17)35-27(20)21/h1-15H,28H2,(H2,29,33,34)/b32-31+. The van der Waals surface area contributed by atoms with Crippen molar-refractivity contribution in [2.75, 3.05) is 5.73 Å². The van der Waals surface area contributed by atoms with Gasteiger partial charge in [0.1, 0.15) is 11.4 Å². The molecule has 7 nitrogen and oxygen atoms in total. The van der Waals surface area contributed by atoms with Crippen molar-refractivity contribution in [1.29, 1.82) is 0 Å². The number of hydrogen-bond donors (Lipinski definition) is 2. The summed E-state index contributed by atoms with van der Waals surface area (Å²) in [6, 6.07) is 26.5. The summed E-state index contributed by atoms with van der Waals surface area (Å²) in [4.78, 5) is 4.57. The number of hydrogen-bond acceptors (Lipinski definition) is 7. The van der Waals surface area contributed by atoms with Crippen molar-refractivity contribution < 1.29 is 8.42 Å². The molecular weight excluding hydrogens is 490 g/mol. The Hall–Kier alpha value is -4.18. The van der Waals surface area contributed by atoms with Crippen molar-refractivity contribution in [2.45, 2.75) is 4.90 Å². The topological polar surface area (TPSA) is 124 Å². The van der Waals surface area contributed by atoms with Gasteiger partial charge in [-0.25, -0.2) is 13.6 Å². The third-order valence-electron chi connectivity index (χ3n) is 6.03. The van der Waals surface area contributed by atoms with Crippen LogP contribution in [0.5, 0.6) is 0 Å². The Kier molecular flexibility index (Phi) is 5.26. The van der Waals surface area contributed by atoms with Gasteiger partial charge in [0.05, 0.1) is 22.5 Å². The highest BCUT2D eigenvalue weighted by Gasteiger charge is 2.17. The lowest BCUT2D eigenvalue weighted by molar-refractivity contribution is 0.598. The molecular formula is C27H19N5O2S2. The van der Waals surface area contributed by atoms with Gasteiger partial charge in [0.2, 0.25) is 10.0 Å². The molecule has 0 saturated carbocycles. The Balaban J connectivity index is 1.38. The summed E-state index contributed by atoms with van der Waals surface area (Å²) in [7, 11) is -3.98. The predicted molar refractivity (Wildman–Crippen MR) is 146 cm³/mol. The first-order chi connectivity index (χ1) is 17.4. The maximum absolute atomic E-state index is 12.2. The summed E-state index contributed by atoms with van der Waals surface area (Å²) in [5, 5.41) is 17.3. The predicted octanol–water partition coefficient (Wildman–Crippen LogP) is 6.91. The lowest BCUT2D eigenvalue weighted by atomic mass is 10.1. The van der Waals surface area contributed by atoms with Crippen LogP contribution >= 0.6 is 11.3 Å². The van der Waals surface area contributed by atoms with E-state index >= 15 is 0 Å². The van der Waals surface area contributed by atoms with Crippen LogP contribution in [0.25, 0.3) is 42.2 Å². The van der Waals surface area contributed by atoms with Crippen LogP contribution in [-0.2, 0) is 10.0 Å². The van der Waals surface area contributed by atoms with Gasteiger partial charge in [0.15, 0.2) is 0 Å². The number of anilines is 1. The van der Waals surface area contributed by atoms with Gasteiger partial charge in [-0.1, -0.05) is 60.7 Å². The summed E-state index contributed by atoms with van der Waals surface area (Å²) >= 11 is 1.75. The first kappa shape index (κ1) is 22.3. The molecule has 0 aliphatic carbocycles. The Morgan fingerprint density at radius 1 is 0.778 bits per heavy atom. The zero-order chi connectivity index (χ0) is 24.9. The molecule has 6 rings (SSSR count). The second-order valence-corrected chi connectivity index (χ2v) is 10.9. The number of pyridine rings is 1. The first-order valence-electron chi connectivity index (χ1n) is 11.0. The second-order valence-electron chi connectivity index (χ2n) is 8.28. The van der Waals surface area contributed by atoms with Crippen LogP contribution in [0.2, 0.25) is 0 Å². The van der Waals surface area contributed by atoms with Gasteiger partial charge in [-0.2, -0.15) is 0 Å². The lowest BCUT2D eigenvalue weighted by Gasteiger charge is -2.09. The van der Waals surface area contributed by atoms with Crippen LogP contribution in [0.4, 0.5) is 17.1 Å². The van der Waals surface area contributed by atoms with Crippen LogP contribution in [0.3, 0.4) is 0 Å². The number of azo groups is 1. The van der Waals surface area contributed by atoms with Gasteiger partial charge < -0.3 is 5.73 Å². The number of nitrogens with zero attached hydrogens (tertiary/aromatic N) is 3. The van der Waals surface area contributed by atoms with E-state index in [4.69, 9.17) is 10.9 Å². The fourth-order valence-electron chi connectivity index (χ4n) is 4.33. The van der Waals surface area contributed by atoms with E-state index in [-0.39, 0.29) is 10.6 Å². The van der Waals surface area contributed by atoms with E-state index in [1.54, 1.807) is 41.8 Å².